The fourth-order valence-electron chi connectivity index (χ4n) is 2.68. The summed E-state index contributed by atoms with van der Waals surface area (Å²) in [5, 5.41) is 5.80. The molecule has 0 aromatic heterocycles. The minimum atomic E-state index is -0.00670. The number of hydrogen-bond acceptors (Lipinski definition) is 2. The van der Waals surface area contributed by atoms with E-state index in [-0.39, 0.29) is 11.8 Å². The molecule has 0 heterocycles. The number of hydrogen-bond donors (Lipinski definition) is 2. The average Bonchev–Trinajstić information content (AvgIpc) is 2.60. The quantitative estimate of drug-likeness (QED) is 0.681. The number of carbonyl (C=O) groups excluding carboxylic acids is 2. The zero-order valence-electron chi connectivity index (χ0n) is 14.8. The zero-order valence-corrected chi connectivity index (χ0v) is 14.8. The van der Waals surface area contributed by atoms with Crippen molar-refractivity contribution in [3.8, 4) is 0 Å². The fourth-order valence-corrected chi connectivity index (χ4v) is 2.68. The summed E-state index contributed by atoms with van der Waals surface area (Å²) in [5.41, 5.74) is 3.23. The van der Waals surface area contributed by atoms with Gasteiger partial charge in [-0.1, -0.05) is 55.0 Å². The van der Waals surface area contributed by atoms with Crippen LogP contribution in [0.25, 0.3) is 0 Å². The highest BCUT2D eigenvalue weighted by Gasteiger charge is 2.07. The SMILES string of the molecule is CC(=O)NCCCCCC(=O)Nc1ccccc1Cc1ccccc1. The molecule has 4 nitrogen and oxygen atoms in total. The Kier molecular flexibility index (Phi) is 7.70. The summed E-state index contributed by atoms with van der Waals surface area (Å²) < 4.78 is 0. The van der Waals surface area contributed by atoms with E-state index < -0.39 is 0 Å². The van der Waals surface area contributed by atoms with E-state index in [0.717, 1.165) is 36.9 Å². The monoisotopic (exact) mass is 338 g/mol. The molecule has 0 saturated heterocycles. The second-order valence-corrected chi connectivity index (χ2v) is 6.16. The Hall–Kier alpha value is -2.62. The van der Waals surface area contributed by atoms with Crippen molar-refractivity contribution in [3.05, 3.63) is 65.7 Å². The Morgan fingerprint density at radius 2 is 1.60 bits per heavy atom. The van der Waals surface area contributed by atoms with Crippen LogP contribution in [0.1, 0.15) is 43.7 Å². The highest BCUT2D eigenvalue weighted by atomic mass is 16.2. The summed E-state index contributed by atoms with van der Waals surface area (Å²) in [6, 6.07) is 18.2. The molecule has 0 aliphatic rings. The predicted octanol–water partition coefficient (Wildman–Crippen LogP) is 3.91. The Morgan fingerprint density at radius 1 is 0.880 bits per heavy atom. The molecule has 2 aromatic rings. The number of carbonyl (C=O) groups is 2. The van der Waals surface area contributed by atoms with Gasteiger partial charge in [-0.3, -0.25) is 9.59 Å². The van der Waals surface area contributed by atoms with Crippen LogP contribution in [0.15, 0.2) is 54.6 Å². The fraction of sp³-hybridized carbons (Fsp3) is 0.333. The molecule has 132 valence electrons. The molecule has 0 fully saturated rings. The molecule has 0 bridgehead atoms. The van der Waals surface area contributed by atoms with E-state index in [1.807, 2.05) is 36.4 Å². The molecule has 0 aliphatic heterocycles. The maximum absolute atomic E-state index is 12.2. The van der Waals surface area contributed by atoms with Crippen LogP contribution < -0.4 is 10.6 Å². The average molecular weight is 338 g/mol. The van der Waals surface area contributed by atoms with Crippen molar-refractivity contribution in [1.82, 2.24) is 5.32 Å². The molecular weight excluding hydrogens is 312 g/mol. The van der Waals surface area contributed by atoms with Crippen molar-refractivity contribution in [2.24, 2.45) is 0 Å². The number of rotatable bonds is 9. The van der Waals surface area contributed by atoms with Crippen LogP contribution in [-0.2, 0) is 16.0 Å². The third-order valence-electron chi connectivity index (χ3n) is 3.98. The number of unbranched alkanes of at least 4 members (excludes halogenated alkanes) is 2. The van der Waals surface area contributed by atoms with Crippen LogP contribution in [0.4, 0.5) is 5.69 Å². The van der Waals surface area contributed by atoms with E-state index in [1.54, 1.807) is 0 Å². The lowest BCUT2D eigenvalue weighted by Crippen LogP contribution is -2.20. The van der Waals surface area contributed by atoms with Gasteiger partial charge in [-0.15, -0.1) is 0 Å². The first-order valence-electron chi connectivity index (χ1n) is 8.81. The predicted molar refractivity (Wildman–Crippen MR) is 101 cm³/mol. The van der Waals surface area contributed by atoms with Crippen molar-refractivity contribution in [2.75, 3.05) is 11.9 Å². The maximum atomic E-state index is 12.2. The number of nitrogens with one attached hydrogen (secondary N) is 2. The van der Waals surface area contributed by atoms with Gasteiger partial charge in [0.1, 0.15) is 0 Å². The highest BCUT2D eigenvalue weighted by molar-refractivity contribution is 5.91. The summed E-state index contributed by atoms with van der Waals surface area (Å²) >= 11 is 0. The molecule has 0 aliphatic carbocycles. The minimum Gasteiger partial charge on any atom is -0.356 e. The first-order valence-corrected chi connectivity index (χ1v) is 8.81. The first-order chi connectivity index (χ1) is 12.1. The number of para-hydroxylation sites is 1. The van der Waals surface area contributed by atoms with Gasteiger partial charge >= 0.3 is 0 Å². The highest BCUT2D eigenvalue weighted by Crippen LogP contribution is 2.19. The lowest BCUT2D eigenvalue weighted by Gasteiger charge is -2.11. The van der Waals surface area contributed by atoms with Gasteiger partial charge < -0.3 is 10.6 Å². The van der Waals surface area contributed by atoms with E-state index in [0.29, 0.717) is 13.0 Å². The van der Waals surface area contributed by atoms with E-state index in [2.05, 4.69) is 28.8 Å². The van der Waals surface area contributed by atoms with E-state index in [9.17, 15) is 9.59 Å². The summed E-state index contributed by atoms with van der Waals surface area (Å²) in [6.45, 7) is 2.19. The molecular formula is C21H26N2O2. The van der Waals surface area contributed by atoms with Crippen LogP contribution in [0.3, 0.4) is 0 Å². The Morgan fingerprint density at radius 3 is 2.36 bits per heavy atom. The van der Waals surface area contributed by atoms with Crippen molar-refractivity contribution in [3.63, 3.8) is 0 Å². The van der Waals surface area contributed by atoms with Gasteiger partial charge in [0.25, 0.3) is 0 Å². The minimum absolute atomic E-state index is 0.00670. The standard InChI is InChI=1S/C21H26N2O2/c1-17(24)22-15-9-3-6-14-21(25)23-20-13-8-7-12-19(20)16-18-10-4-2-5-11-18/h2,4-5,7-8,10-13H,3,6,9,14-16H2,1H3,(H,22,24)(H,23,25). The molecule has 2 amide bonds. The Labute approximate surface area is 149 Å². The summed E-state index contributed by atoms with van der Waals surface area (Å²) in [4.78, 5) is 23.0. The second-order valence-electron chi connectivity index (χ2n) is 6.16. The Bertz CT molecular complexity index is 683. The molecule has 2 aromatic carbocycles. The molecule has 2 rings (SSSR count). The van der Waals surface area contributed by atoms with Gasteiger partial charge in [-0.05, 0) is 36.5 Å². The molecule has 0 atom stereocenters. The maximum Gasteiger partial charge on any atom is 0.224 e. The lowest BCUT2D eigenvalue weighted by atomic mass is 10.0. The lowest BCUT2D eigenvalue weighted by molar-refractivity contribution is -0.119. The Balaban J connectivity index is 1.79. The van der Waals surface area contributed by atoms with Crippen molar-refractivity contribution in [1.29, 1.82) is 0 Å². The molecule has 0 radical (unpaired) electrons. The van der Waals surface area contributed by atoms with Crippen LogP contribution in [0, 0.1) is 0 Å². The third-order valence-corrected chi connectivity index (χ3v) is 3.98. The van der Waals surface area contributed by atoms with Gasteiger partial charge in [0.05, 0.1) is 0 Å². The van der Waals surface area contributed by atoms with Gasteiger partial charge in [-0.25, -0.2) is 0 Å². The van der Waals surface area contributed by atoms with Gasteiger partial charge in [0.15, 0.2) is 0 Å². The second kappa shape index (κ2) is 10.3. The molecule has 2 N–H and O–H groups in total. The normalized spacial score (nSPS) is 10.3. The van der Waals surface area contributed by atoms with Crippen LogP contribution in [0.5, 0.6) is 0 Å². The first kappa shape index (κ1) is 18.7. The summed E-state index contributed by atoms with van der Waals surface area (Å²) in [6.07, 6.45) is 3.96. The topological polar surface area (TPSA) is 58.2 Å². The van der Waals surface area contributed by atoms with Crippen LogP contribution in [0.2, 0.25) is 0 Å². The van der Waals surface area contributed by atoms with E-state index in [4.69, 9.17) is 0 Å². The van der Waals surface area contributed by atoms with E-state index in [1.165, 1.54) is 12.5 Å². The molecule has 25 heavy (non-hydrogen) atoms. The van der Waals surface area contributed by atoms with Gasteiger partial charge in [0, 0.05) is 25.6 Å². The van der Waals surface area contributed by atoms with Crippen molar-refractivity contribution >= 4 is 17.5 Å². The molecule has 0 spiro atoms. The zero-order chi connectivity index (χ0) is 17.9. The van der Waals surface area contributed by atoms with Gasteiger partial charge in [-0.2, -0.15) is 0 Å². The summed E-state index contributed by atoms with van der Waals surface area (Å²) in [5.74, 6) is 0.0350. The molecule has 0 saturated carbocycles. The van der Waals surface area contributed by atoms with Crippen LogP contribution >= 0.6 is 0 Å². The van der Waals surface area contributed by atoms with Crippen molar-refractivity contribution in [2.45, 2.75) is 39.0 Å². The number of amides is 2. The smallest absolute Gasteiger partial charge is 0.224 e. The number of benzene rings is 2. The van der Waals surface area contributed by atoms with Crippen molar-refractivity contribution < 1.29 is 9.59 Å². The van der Waals surface area contributed by atoms with E-state index >= 15 is 0 Å². The number of anilines is 1. The van der Waals surface area contributed by atoms with Gasteiger partial charge in [0.2, 0.25) is 11.8 Å². The largest absolute Gasteiger partial charge is 0.356 e. The molecule has 0 unspecified atom stereocenters. The van der Waals surface area contributed by atoms with Crippen LogP contribution in [-0.4, -0.2) is 18.4 Å². The third kappa shape index (κ3) is 7.21. The summed E-state index contributed by atoms with van der Waals surface area (Å²) in [7, 11) is 0. The molecule has 4 heteroatoms.